The van der Waals surface area contributed by atoms with Crippen molar-refractivity contribution in [2.45, 2.75) is 36.6 Å². The molecule has 29 heavy (non-hydrogen) atoms. The predicted molar refractivity (Wildman–Crippen MR) is 104 cm³/mol. The topological polar surface area (TPSA) is 83.5 Å². The van der Waals surface area contributed by atoms with Crippen molar-refractivity contribution in [1.29, 1.82) is 0 Å². The fraction of sp³-hybridized carbons (Fsp3) is 0.500. The number of hydrogen-bond acceptors (Lipinski definition) is 7. The maximum Gasteiger partial charge on any atom is 0.231 e. The van der Waals surface area contributed by atoms with Crippen molar-refractivity contribution in [3.8, 4) is 17.2 Å². The number of allylic oxidation sites excluding steroid dienone is 1. The number of Topliss-reactive ketones (excluding diaryl/α,β-unsaturated/α-hetero) is 1. The Hall–Kier alpha value is -2.35. The molecule has 0 spiro atoms. The second kappa shape index (κ2) is 6.86. The second-order valence-corrected chi connectivity index (χ2v) is 7.66. The average molecular weight is 402 g/mol. The first-order chi connectivity index (χ1) is 13.9. The summed E-state index contributed by atoms with van der Waals surface area (Å²) in [6, 6.07) is 3.64. The van der Waals surface area contributed by atoms with Crippen LogP contribution in [0.3, 0.4) is 0 Å². The van der Waals surface area contributed by atoms with E-state index in [0.717, 1.165) is 5.56 Å². The molecule has 7 heteroatoms. The summed E-state index contributed by atoms with van der Waals surface area (Å²) in [5, 5.41) is 11.3. The lowest BCUT2D eigenvalue weighted by Crippen LogP contribution is -2.59. The number of ketones is 1. The molecular weight excluding hydrogens is 376 g/mol. The molecule has 1 heterocycles. The Morgan fingerprint density at radius 1 is 1.28 bits per heavy atom. The lowest BCUT2D eigenvalue weighted by molar-refractivity contribution is -0.163. The highest BCUT2D eigenvalue weighted by molar-refractivity contribution is 6.03. The van der Waals surface area contributed by atoms with Crippen LogP contribution in [-0.4, -0.2) is 56.3 Å². The Bertz CT molecular complexity index is 891. The molecule has 0 saturated heterocycles. The summed E-state index contributed by atoms with van der Waals surface area (Å²) >= 11 is 0. The molecule has 2 bridgehead atoms. The van der Waals surface area contributed by atoms with Crippen LogP contribution in [-0.2, 0) is 14.3 Å². The number of carbonyl (C=O) groups is 1. The number of hydrogen-bond donors (Lipinski definition) is 1. The zero-order valence-electron chi connectivity index (χ0n) is 17.1. The fourth-order valence-corrected chi connectivity index (χ4v) is 5.27. The number of methoxy groups -OCH3 is 3. The largest absolute Gasteiger partial charge is 0.493 e. The van der Waals surface area contributed by atoms with Crippen molar-refractivity contribution < 1.29 is 33.6 Å². The summed E-state index contributed by atoms with van der Waals surface area (Å²) in [5.41, 5.74) is -1.30. The normalized spacial score (nSPS) is 34.9. The molecule has 3 aliphatic rings. The van der Waals surface area contributed by atoms with Crippen LogP contribution in [0.5, 0.6) is 17.2 Å². The van der Waals surface area contributed by atoms with E-state index in [2.05, 4.69) is 6.58 Å². The summed E-state index contributed by atoms with van der Waals surface area (Å²) in [7, 11) is 4.51. The molecule has 2 aliphatic carbocycles. The van der Waals surface area contributed by atoms with E-state index in [1.54, 1.807) is 19.3 Å². The van der Waals surface area contributed by atoms with Crippen LogP contribution < -0.4 is 14.2 Å². The quantitative estimate of drug-likeness (QED) is 0.732. The van der Waals surface area contributed by atoms with Crippen LogP contribution in [0.2, 0.25) is 0 Å². The smallest absolute Gasteiger partial charge is 0.231 e. The molecule has 0 radical (unpaired) electrons. The van der Waals surface area contributed by atoms with Gasteiger partial charge in [0, 0.05) is 26.1 Å². The molecule has 4 rings (SSSR count). The molecule has 1 N–H and O–H groups in total. The van der Waals surface area contributed by atoms with Crippen molar-refractivity contribution in [1.82, 2.24) is 0 Å². The van der Waals surface area contributed by atoms with Gasteiger partial charge in [-0.05, 0) is 35.8 Å². The predicted octanol–water partition coefficient (Wildman–Crippen LogP) is 2.37. The maximum absolute atomic E-state index is 13.7. The summed E-state index contributed by atoms with van der Waals surface area (Å²) in [4.78, 5) is 13.7. The SMILES string of the molecule is C=CCC1=CC2(OC)C(=O)C(OC)(C1O)C(c1cc(OC)c3c(c1)OCO3)C2C. The van der Waals surface area contributed by atoms with Gasteiger partial charge in [-0.3, -0.25) is 4.79 Å². The van der Waals surface area contributed by atoms with E-state index in [9.17, 15) is 9.90 Å². The third kappa shape index (κ3) is 2.38. The Kier molecular flexibility index (Phi) is 4.72. The van der Waals surface area contributed by atoms with E-state index in [1.807, 2.05) is 19.1 Å². The van der Waals surface area contributed by atoms with Crippen LogP contribution in [0.15, 0.2) is 36.4 Å². The van der Waals surface area contributed by atoms with Gasteiger partial charge in [0.1, 0.15) is 6.10 Å². The molecule has 1 saturated carbocycles. The lowest BCUT2D eigenvalue weighted by Gasteiger charge is -2.41. The van der Waals surface area contributed by atoms with Gasteiger partial charge in [-0.15, -0.1) is 6.58 Å². The van der Waals surface area contributed by atoms with Crippen molar-refractivity contribution in [2.75, 3.05) is 28.1 Å². The summed E-state index contributed by atoms with van der Waals surface area (Å²) in [5.74, 6) is 0.452. The number of aliphatic hydroxyl groups excluding tert-OH is 1. The van der Waals surface area contributed by atoms with Crippen LogP contribution in [0.1, 0.15) is 24.8 Å². The van der Waals surface area contributed by atoms with E-state index < -0.39 is 23.2 Å². The Balaban J connectivity index is 1.94. The number of rotatable bonds is 6. The van der Waals surface area contributed by atoms with E-state index in [1.165, 1.54) is 14.2 Å². The highest BCUT2D eigenvalue weighted by atomic mass is 16.7. The third-order valence-corrected chi connectivity index (χ3v) is 6.60. The van der Waals surface area contributed by atoms with Crippen molar-refractivity contribution >= 4 is 5.78 Å². The first kappa shape index (κ1) is 19.9. The van der Waals surface area contributed by atoms with Crippen LogP contribution in [0.25, 0.3) is 0 Å². The maximum atomic E-state index is 13.7. The number of benzene rings is 1. The zero-order chi connectivity index (χ0) is 21.0. The molecule has 1 fully saturated rings. The van der Waals surface area contributed by atoms with Gasteiger partial charge in [-0.1, -0.05) is 13.0 Å². The van der Waals surface area contributed by atoms with E-state index in [0.29, 0.717) is 29.2 Å². The number of ether oxygens (including phenoxy) is 5. The molecule has 0 aromatic heterocycles. The lowest BCUT2D eigenvalue weighted by atomic mass is 9.74. The summed E-state index contributed by atoms with van der Waals surface area (Å²) < 4.78 is 28.2. The summed E-state index contributed by atoms with van der Waals surface area (Å²) in [6.45, 7) is 5.80. The number of fused-ring (bicyclic) bond motifs is 3. The molecule has 1 aliphatic heterocycles. The molecule has 5 atom stereocenters. The van der Waals surface area contributed by atoms with Gasteiger partial charge in [0.2, 0.25) is 18.3 Å². The molecule has 1 aromatic rings. The fourth-order valence-electron chi connectivity index (χ4n) is 5.27. The molecule has 0 amide bonds. The van der Waals surface area contributed by atoms with Gasteiger partial charge in [-0.25, -0.2) is 0 Å². The van der Waals surface area contributed by atoms with Gasteiger partial charge >= 0.3 is 0 Å². The van der Waals surface area contributed by atoms with Crippen molar-refractivity contribution in [3.63, 3.8) is 0 Å². The van der Waals surface area contributed by atoms with E-state index in [4.69, 9.17) is 23.7 Å². The minimum absolute atomic E-state index is 0.0966. The van der Waals surface area contributed by atoms with Crippen LogP contribution in [0, 0.1) is 5.92 Å². The minimum Gasteiger partial charge on any atom is -0.493 e. The minimum atomic E-state index is -1.50. The monoisotopic (exact) mass is 402 g/mol. The van der Waals surface area contributed by atoms with Crippen LogP contribution >= 0.6 is 0 Å². The number of aliphatic hydroxyl groups is 1. The highest BCUT2D eigenvalue weighted by Crippen LogP contribution is 2.60. The van der Waals surface area contributed by atoms with Crippen LogP contribution in [0.4, 0.5) is 0 Å². The van der Waals surface area contributed by atoms with Gasteiger partial charge in [0.15, 0.2) is 22.7 Å². The molecule has 7 nitrogen and oxygen atoms in total. The molecular formula is C22H26O7. The standard InChI is InChI=1S/C22H26O7/c1-6-7-13-10-21(26-4)12(2)17(22(27-5,19(13)23)20(21)24)14-8-15(25-3)18-16(9-14)28-11-29-18/h6,8-10,12,17,19,23H,1,7,11H2,2-5H3. The Morgan fingerprint density at radius 3 is 2.66 bits per heavy atom. The second-order valence-electron chi connectivity index (χ2n) is 7.66. The van der Waals surface area contributed by atoms with E-state index in [-0.39, 0.29) is 18.5 Å². The first-order valence-corrected chi connectivity index (χ1v) is 9.54. The van der Waals surface area contributed by atoms with Gasteiger partial charge in [-0.2, -0.15) is 0 Å². The highest BCUT2D eigenvalue weighted by Gasteiger charge is 2.72. The Labute approximate surface area is 169 Å². The van der Waals surface area contributed by atoms with Gasteiger partial charge in [0.25, 0.3) is 0 Å². The summed E-state index contributed by atoms with van der Waals surface area (Å²) in [6.07, 6.45) is 2.73. The molecule has 156 valence electrons. The van der Waals surface area contributed by atoms with Gasteiger partial charge < -0.3 is 28.8 Å². The molecule has 1 aromatic carbocycles. The zero-order valence-corrected chi connectivity index (χ0v) is 17.1. The van der Waals surface area contributed by atoms with E-state index >= 15 is 0 Å². The average Bonchev–Trinajstić information content (AvgIpc) is 3.25. The third-order valence-electron chi connectivity index (χ3n) is 6.60. The van der Waals surface area contributed by atoms with Crippen molar-refractivity contribution in [2.24, 2.45) is 5.92 Å². The van der Waals surface area contributed by atoms with Crippen molar-refractivity contribution in [3.05, 3.63) is 42.0 Å². The number of carbonyl (C=O) groups excluding carboxylic acids is 1. The first-order valence-electron chi connectivity index (χ1n) is 9.54. The van der Waals surface area contributed by atoms with Gasteiger partial charge in [0.05, 0.1) is 7.11 Å². The molecule has 5 unspecified atom stereocenters. The Morgan fingerprint density at radius 2 is 2.03 bits per heavy atom.